The number of fused-ring (bicyclic) bond motifs is 1. The SMILES string of the molecule is CCCOc1ccc(-c2cc(OCCN(CC)CC)c3cc(OCCCN4CCOCC4)ccc3n2)cc1. The number of rotatable bonds is 15. The summed E-state index contributed by atoms with van der Waals surface area (Å²) in [5, 5.41) is 0.974. The van der Waals surface area contributed by atoms with E-state index in [1.54, 1.807) is 0 Å². The van der Waals surface area contributed by atoms with Crippen LogP contribution in [0.5, 0.6) is 17.2 Å². The van der Waals surface area contributed by atoms with Gasteiger partial charge in [-0.05, 0) is 68.4 Å². The first-order chi connectivity index (χ1) is 18.7. The highest BCUT2D eigenvalue weighted by Crippen LogP contribution is 2.33. The minimum absolute atomic E-state index is 0.620. The fourth-order valence-electron chi connectivity index (χ4n) is 4.60. The van der Waals surface area contributed by atoms with Crippen molar-refractivity contribution in [3.63, 3.8) is 0 Å². The third-order valence-electron chi connectivity index (χ3n) is 6.92. The Hall–Kier alpha value is -2.87. The highest BCUT2D eigenvalue weighted by molar-refractivity contribution is 5.89. The molecule has 38 heavy (non-hydrogen) atoms. The van der Waals surface area contributed by atoms with Gasteiger partial charge < -0.3 is 23.8 Å². The van der Waals surface area contributed by atoms with Crippen LogP contribution in [0.15, 0.2) is 48.5 Å². The third kappa shape index (κ3) is 8.06. The molecular formula is C31H43N3O4. The molecule has 0 unspecified atom stereocenters. The van der Waals surface area contributed by atoms with Crippen molar-refractivity contribution in [1.82, 2.24) is 14.8 Å². The van der Waals surface area contributed by atoms with Crippen LogP contribution in [0.2, 0.25) is 0 Å². The molecule has 0 atom stereocenters. The lowest BCUT2D eigenvalue weighted by Crippen LogP contribution is -2.37. The van der Waals surface area contributed by atoms with E-state index in [2.05, 4.69) is 54.8 Å². The number of hydrogen-bond acceptors (Lipinski definition) is 7. The minimum Gasteiger partial charge on any atom is -0.494 e. The van der Waals surface area contributed by atoms with Crippen molar-refractivity contribution in [2.45, 2.75) is 33.6 Å². The van der Waals surface area contributed by atoms with Crippen LogP contribution in [-0.2, 0) is 4.74 Å². The molecule has 206 valence electrons. The lowest BCUT2D eigenvalue weighted by atomic mass is 10.1. The van der Waals surface area contributed by atoms with Gasteiger partial charge in [0.25, 0.3) is 0 Å². The number of benzene rings is 2. The number of ether oxygens (including phenoxy) is 4. The van der Waals surface area contributed by atoms with Gasteiger partial charge in [0, 0.05) is 43.2 Å². The van der Waals surface area contributed by atoms with Gasteiger partial charge in [0.1, 0.15) is 23.9 Å². The van der Waals surface area contributed by atoms with Crippen molar-refractivity contribution in [2.24, 2.45) is 0 Å². The van der Waals surface area contributed by atoms with Crippen molar-refractivity contribution >= 4 is 10.9 Å². The molecular weight excluding hydrogens is 478 g/mol. The van der Waals surface area contributed by atoms with Gasteiger partial charge in [-0.3, -0.25) is 4.90 Å². The second kappa shape index (κ2) is 14.9. The van der Waals surface area contributed by atoms with Crippen molar-refractivity contribution in [3.05, 3.63) is 48.5 Å². The average Bonchev–Trinajstić information content (AvgIpc) is 2.97. The Bertz CT molecular complexity index is 1110. The van der Waals surface area contributed by atoms with Crippen LogP contribution < -0.4 is 14.2 Å². The van der Waals surface area contributed by atoms with Gasteiger partial charge >= 0.3 is 0 Å². The van der Waals surface area contributed by atoms with Crippen molar-refractivity contribution < 1.29 is 18.9 Å². The van der Waals surface area contributed by atoms with E-state index in [4.69, 9.17) is 23.9 Å². The smallest absolute Gasteiger partial charge is 0.131 e. The van der Waals surface area contributed by atoms with Crippen molar-refractivity contribution in [1.29, 1.82) is 0 Å². The Kier molecular flexibility index (Phi) is 11.0. The van der Waals surface area contributed by atoms with Crippen molar-refractivity contribution in [3.8, 4) is 28.5 Å². The molecule has 1 aliphatic heterocycles. The van der Waals surface area contributed by atoms with E-state index in [0.29, 0.717) is 13.2 Å². The van der Waals surface area contributed by atoms with Gasteiger partial charge in [0.05, 0.1) is 37.6 Å². The summed E-state index contributed by atoms with van der Waals surface area (Å²) in [6.45, 7) is 16.1. The monoisotopic (exact) mass is 521 g/mol. The lowest BCUT2D eigenvalue weighted by molar-refractivity contribution is 0.0358. The molecule has 4 rings (SSSR count). The van der Waals surface area contributed by atoms with Gasteiger partial charge in [-0.2, -0.15) is 0 Å². The molecule has 7 heteroatoms. The molecule has 0 saturated carbocycles. The summed E-state index contributed by atoms with van der Waals surface area (Å²) in [5.74, 6) is 2.56. The second-order valence-electron chi connectivity index (χ2n) is 9.59. The zero-order valence-electron chi connectivity index (χ0n) is 23.3. The van der Waals surface area contributed by atoms with Gasteiger partial charge in [0.2, 0.25) is 0 Å². The molecule has 0 aliphatic carbocycles. The Morgan fingerprint density at radius 3 is 2.32 bits per heavy atom. The Morgan fingerprint density at radius 2 is 1.58 bits per heavy atom. The molecule has 0 spiro atoms. The number of nitrogens with zero attached hydrogens (tertiary/aromatic N) is 3. The summed E-state index contributed by atoms with van der Waals surface area (Å²) < 4.78 is 23.7. The molecule has 7 nitrogen and oxygen atoms in total. The van der Waals surface area contributed by atoms with E-state index >= 15 is 0 Å². The summed E-state index contributed by atoms with van der Waals surface area (Å²) in [4.78, 5) is 9.76. The van der Waals surface area contributed by atoms with Crippen LogP contribution in [0, 0.1) is 0 Å². The van der Waals surface area contributed by atoms with Crippen LogP contribution in [0.4, 0.5) is 0 Å². The van der Waals surface area contributed by atoms with E-state index < -0.39 is 0 Å². The second-order valence-corrected chi connectivity index (χ2v) is 9.59. The van der Waals surface area contributed by atoms with E-state index in [0.717, 1.165) is 111 Å². The van der Waals surface area contributed by atoms with Gasteiger partial charge in [-0.25, -0.2) is 4.98 Å². The predicted molar refractivity (Wildman–Crippen MR) is 154 cm³/mol. The number of pyridine rings is 1. The van der Waals surface area contributed by atoms with Crippen LogP contribution in [-0.4, -0.2) is 87.1 Å². The Morgan fingerprint density at radius 1 is 0.842 bits per heavy atom. The zero-order chi connectivity index (χ0) is 26.6. The van der Waals surface area contributed by atoms with E-state index in [-0.39, 0.29) is 0 Å². The maximum atomic E-state index is 6.37. The van der Waals surface area contributed by atoms with E-state index in [1.807, 2.05) is 24.3 Å². The molecule has 1 saturated heterocycles. The van der Waals surface area contributed by atoms with Crippen LogP contribution >= 0.6 is 0 Å². The van der Waals surface area contributed by atoms with Crippen LogP contribution in [0.25, 0.3) is 22.2 Å². The number of likely N-dealkylation sites (N-methyl/N-ethyl adjacent to an activating group) is 1. The van der Waals surface area contributed by atoms with E-state index in [9.17, 15) is 0 Å². The Balaban J connectivity index is 1.50. The highest BCUT2D eigenvalue weighted by atomic mass is 16.5. The first-order valence-corrected chi connectivity index (χ1v) is 14.2. The quantitative estimate of drug-likeness (QED) is 0.244. The average molecular weight is 522 g/mol. The van der Waals surface area contributed by atoms with Gasteiger partial charge in [-0.1, -0.05) is 20.8 Å². The summed E-state index contributed by atoms with van der Waals surface area (Å²) >= 11 is 0. The summed E-state index contributed by atoms with van der Waals surface area (Å²) in [5.41, 5.74) is 2.82. The summed E-state index contributed by atoms with van der Waals surface area (Å²) in [7, 11) is 0. The third-order valence-corrected chi connectivity index (χ3v) is 6.92. The van der Waals surface area contributed by atoms with Gasteiger partial charge in [-0.15, -0.1) is 0 Å². The standard InChI is InChI=1S/C31H43N3O4/c1-4-18-36-26-10-8-25(9-11-26)30-24-31(38-22-17-33(5-2)6-3)28-23-27(12-13-29(28)32-30)37-19-7-14-34-15-20-35-21-16-34/h8-13,23-24H,4-7,14-22H2,1-3H3. The predicted octanol–water partition coefficient (Wildman–Crippen LogP) is 5.51. The molecule has 0 amide bonds. The maximum Gasteiger partial charge on any atom is 0.131 e. The largest absolute Gasteiger partial charge is 0.494 e. The minimum atomic E-state index is 0.620. The van der Waals surface area contributed by atoms with Crippen molar-refractivity contribution in [2.75, 3.05) is 72.3 Å². The van der Waals surface area contributed by atoms with E-state index in [1.165, 1.54) is 0 Å². The Labute approximate surface area is 227 Å². The summed E-state index contributed by atoms with van der Waals surface area (Å²) in [6.07, 6.45) is 1.97. The molecule has 2 heterocycles. The molecule has 0 bridgehead atoms. The molecule has 2 aromatic carbocycles. The fraction of sp³-hybridized carbons (Fsp3) is 0.516. The highest BCUT2D eigenvalue weighted by Gasteiger charge is 2.13. The molecule has 1 aromatic heterocycles. The number of hydrogen-bond donors (Lipinski definition) is 0. The normalized spacial score (nSPS) is 14.2. The molecule has 1 fully saturated rings. The van der Waals surface area contributed by atoms with Gasteiger partial charge in [0.15, 0.2) is 0 Å². The van der Waals surface area contributed by atoms with Crippen LogP contribution in [0.3, 0.4) is 0 Å². The number of aromatic nitrogens is 1. The van der Waals surface area contributed by atoms with Crippen LogP contribution in [0.1, 0.15) is 33.6 Å². The lowest BCUT2D eigenvalue weighted by Gasteiger charge is -2.26. The first-order valence-electron chi connectivity index (χ1n) is 14.2. The maximum absolute atomic E-state index is 6.37. The molecule has 0 N–H and O–H groups in total. The molecule has 0 radical (unpaired) electrons. The topological polar surface area (TPSA) is 56.3 Å². The molecule has 3 aromatic rings. The summed E-state index contributed by atoms with van der Waals surface area (Å²) in [6, 6.07) is 16.3. The fourth-order valence-corrected chi connectivity index (χ4v) is 4.60. The molecule has 1 aliphatic rings. The zero-order valence-corrected chi connectivity index (χ0v) is 23.3. The number of morpholine rings is 1. The first kappa shape index (κ1) is 28.1.